The summed E-state index contributed by atoms with van der Waals surface area (Å²) < 4.78 is 0. The lowest BCUT2D eigenvalue weighted by molar-refractivity contribution is 0.311. The predicted molar refractivity (Wildman–Crippen MR) is 60.1 cm³/mol. The minimum absolute atomic E-state index is 0.641. The Labute approximate surface area is 83.0 Å². The average Bonchev–Trinajstić information content (AvgIpc) is 2.16. The fourth-order valence-electron chi connectivity index (χ4n) is 1.17. The second-order valence-corrected chi connectivity index (χ2v) is 3.45. The van der Waals surface area contributed by atoms with Gasteiger partial charge in [0.25, 0.3) is 0 Å². The summed E-state index contributed by atoms with van der Waals surface area (Å²) in [5.74, 6) is 0. The molecule has 0 aliphatic rings. The van der Waals surface area contributed by atoms with Gasteiger partial charge in [0, 0.05) is 25.7 Å². The summed E-state index contributed by atoms with van der Waals surface area (Å²) in [7, 11) is 0. The van der Waals surface area contributed by atoms with Gasteiger partial charge >= 0.3 is 0 Å². The van der Waals surface area contributed by atoms with Gasteiger partial charge in [0.15, 0.2) is 0 Å². The molecule has 0 rings (SSSR count). The predicted octanol–water partition coefficient (Wildman–Crippen LogP) is 1.88. The van der Waals surface area contributed by atoms with Crippen molar-refractivity contribution >= 4 is 0 Å². The van der Waals surface area contributed by atoms with Crippen molar-refractivity contribution in [2.75, 3.05) is 26.2 Å². The summed E-state index contributed by atoms with van der Waals surface area (Å²) in [6.07, 6.45) is 3.17. The molecule has 0 aromatic carbocycles. The molecule has 0 aliphatic carbocycles. The molecule has 2 heteroatoms. The van der Waals surface area contributed by atoms with E-state index in [9.17, 15) is 0 Å². The Morgan fingerprint density at radius 1 is 1.46 bits per heavy atom. The fraction of sp³-hybridized carbons (Fsp3) is 0.818. The molecule has 0 radical (unpaired) electrons. The Morgan fingerprint density at radius 2 is 2.15 bits per heavy atom. The molecule has 0 saturated carbocycles. The maximum atomic E-state index is 3.75. The van der Waals surface area contributed by atoms with Crippen molar-refractivity contribution in [2.24, 2.45) is 0 Å². The van der Waals surface area contributed by atoms with Gasteiger partial charge < -0.3 is 5.32 Å². The van der Waals surface area contributed by atoms with Crippen LogP contribution in [0.15, 0.2) is 12.7 Å². The van der Waals surface area contributed by atoms with Crippen LogP contribution in [0.1, 0.15) is 27.2 Å². The Kier molecular flexibility index (Phi) is 8.05. The molecular formula is C11H24N2. The van der Waals surface area contributed by atoms with Crippen molar-refractivity contribution in [3.63, 3.8) is 0 Å². The van der Waals surface area contributed by atoms with Gasteiger partial charge in [-0.1, -0.05) is 19.9 Å². The molecule has 2 nitrogen and oxygen atoms in total. The second kappa shape index (κ2) is 8.27. The van der Waals surface area contributed by atoms with E-state index in [1.165, 1.54) is 6.42 Å². The molecule has 0 aromatic rings. The van der Waals surface area contributed by atoms with Gasteiger partial charge in [-0.15, -0.1) is 6.58 Å². The van der Waals surface area contributed by atoms with Crippen LogP contribution in [0.2, 0.25) is 0 Å². The topological polar surface area (TPSA) is 15.3 Å². The first-order valence-electron chi connectivity index (χ1n) is 5.31. The zero-order valence-corrected chi connectivity index (χ0v) is 9.34. The first kappa shape index (κ1) is 12.7. The highest BCUT2D eigenvalue weighted by Gasteiger charge is 2.00. The molecule has 1 atom stereocenters. The van der Waals surface area contributed by atoms with E-state index in [0.29, 0.717) is 6.04 Å². The normalized spacial score (nSPS) is 13.2. The van der Waals surface area contributed by atoms with E-state index in [0.717, 1.165) is 26.2 Å². The Hall–Kier alpha value is -0.340. The Balaban J connectivity index is 3.42. The molecule has 1 unspecified atom stereocenters. The molecule has 78 valence electrons. The third kappa shape index (κ3) is 6.79. The smallest absolute Gasteiger partial charge is 0.0161 e. The maximum Gasteiger partial charge on any atom is 0.0161 e. The molecule has 0 amide bonds. The van der Waals surface area contributed by atoms with Crippen LogP contribution in [0.5, 0.6) is 0 Å². The first-order valence-corrected chi connectivity index (χ1v) is 5.31. The SMILES string of the molecule is C=CCN(CC)CCNC(C)CC. The van der Waals surface area contributed by atoms with Crippen molar-refractivity contribution in [1.29, 1.82) is 0 Å². The number of rotatable bonds is 8. The summed E-state index contributed by atoms with van der Waals surface area (Å²) in [6, 6.07) is 0.641. The lowest BCUT2D eigenvalue weighted by Crippen LogP contribution is -2.35. The number of nitrogens with one attached hydrogen (secondary N) is 1. The van der Waals surface area contributed by atoms with Crippen LogP contribution in [-0.4, -0.2) is 37.1 Å². The van der Waals surface area contributed by atoms with Gasteiger partial charge in [-0.05, 0) is 19.9 Å². The second-order valence-electron chi connectivity index (χ2n) is 3.45. The minimum Gasteiger partial charge on any atom is -0.313 e. The van der Waals surface area contributed by atoms with Gasteiger partial charge in [0.05, 0.1) is 0 Å². The van der Waals surface area contributed by atoms with E-state index in [-0.39, 0.29) is 0 Å². The van der Waals surface area contributed by atoms with Crippen LogP contribution in [0.4, 0.5) is 0 Å². The van der Waals surface area contributed by atoms with Crippen LogP contribution < -0.4 is 5.32 Å². The zero-order valence-electron chi connectivity index (χ0n) is 9.34. The van der Waals surface area contributed by atoms with Crippen LogP contribution in [0.3, 0.4) is 0 Å². The van der Waals surface area contributed by atoms with E-state index >= 15 is 0 Å². The van der Waals surface area contributed by atoms with Gasteiger partial charge in [-0.3, -0.25) is 4.90 Å². The summed E-state index contributed by atoms with van der Waals surface area (Å²) in [6.45, 7) is 14.7. The number of hydrogen-bond acceptors (Lipinski definition) is 2. The van der Waals surface area contributed by atoms with Gasteiger partial charge in [0.2, 0.25) is 0 Å². The standard InChI is InChI=1S/C11H24N2/c1-5-9-13(7-3)10-8-12-11(4)6-2/h5,11-12H,1,6-10H2,2-4H3. The van der Waals surface area contributed by atoms with Crippen LogP contribution >= 0.6 is 0 Å². The van der Waals surface area contributed by atoms with Gasteiger partial charge in [-0.25, -0.2) is 0 Å². The summed E-state index contributed by atoms with van der Waals surface area (Å²) in [5, 5.41) is 3.48. The van der Waals surface area contributed by atoms with E-state index in [2.05, 4.69) is 37.6 Å². The number of likely N-dealkylation sites (N-methyl/N-ethyl adjacent to an activating group) is 1. The van der Waals surface area contributed by atoms with Gasteiger partial charge in [-0.2, -0.15) is 0 Å². The lowest BCUT2D eigenvalue weighted by Gasteiger charge is -2.20. The summed E-state index contributed by atoms with van der Waals surface area (Å²) >= 11 is 0. The van der Waals surface area contributed by atoms with Gasteiger partial charge in [0.1, 0.15) is 0 Å². The highest BCUT2D eigenvalue weighted by atomic mass is 15.1. The third-order valence-electron chi connectivity index (χ3n) is 2.37. The van der Waals surface area contributed by atoms with Crippen molar-refractivity contribution < 1.29 is 0 Å². The quantitative estimate of drug-likeness (QED) is 0.579. The summed E-state index contributed by atoms with van der Waals surface area (Å²) in [5.41, 5.74) is 0. The molecule has 0 bridgehead atoms. The van der Waals surface area contributed by atoms with Crippen molar-refractivity contribution in [1.82, 2.24) is 10.2 Å². The van der Waals surface area contributed by atoms with Crippen molar-refractivity contribution in [3.8, 4) is 0 Å². The Bertz CT molecular complexity index is 123. The monoisotopic (exact) mass is 184 g/mol. The highest BCUT2D eigenvalue weighted by Crippen LogP contribution is 1.89. The molecule has 0 fully saturated rings. The van der Waals surface area contributed by atoms with Crippen LogP contribution in [0, 0.1) is 0 Å². The molecule has 0 spiro atoms. The van der Waals surface area contributed by atoms with Crippen molar-refractivity contribution in [2.45, 2.75) is 33.2 Å². The first-order chi connectivity index (χ1) is 6.24. The van der Waals surface area contributed by atoms with E-state index in [4.69, 9.17) is 0 Å². The third-order valence-corrected chi connectivity index (χ3v) is 2.37. The highest BCUT2D eigenvalue weighted by molar-refractivity contribution is 4.73. The van der Waals surface area contributed by atoms with E-state index in [1.54, 1.807) is 0 Å². The van der Waals surface area contributed by atoms with Crippen molar-refractivity contribution in [3.05, 3.63) is 12.7 Å². The van der Waals surface area contributed by atoms with E-state index < -0.39 is 0 Å². The maximum absolute atomic E-state index is 3.75. The molecule has 13 heavy (non-hydrogen) atoms. The Morgan fingerprint density at radius 3 is 2.62 bits per heavy atom. The van der Waals surface area contributed by atoms with E-state index in [1.807, 2.05) is 6.08 Å². The van der Waals surface area contributed by atoms with Crippen LogP contribution in [-0.2, 0) is 0 Å². The molecular weight excluding hydrogens is 160 g/mol. The molecule has 0 heterocycles. The lowest BCUT2D eigenvalue weighted by atomic mass is 10.2. The molecule has 0 aromatic heterocycles. The molecule has 1 N–H and O–H groups in total. The fourth-order valence-corrected chi connectivity index (χ4v) is 1.17. The van der Waals surface area contributed by atoms with Crippen LogP contribution in [0.25, 0.3) is 0 Å². The average molecular weight is 184 g/mol. The summed E-state index contributed by atoms with van der Waals surface area (Å²) in [4.78, 5) is 2.38. The molecule has 0 aliphatic heterocycles. The number of nitrogens with zero attached hydrogens (tertiary/aromatic N) is 1. The zero-order chi connectivity index (χ0) is 10.1. The minimum atomic E-state index is 0.641. The number of hydrogen-bond donors (Lipinski definition) is 1. The largest absolute Gasteiger partial charge is 0.313 e. The molecule has 0 saturated heterocycles.